The Kier molecular flexibility index (Phi) is 4.99. The molecule has 0 saturated heterocycles. The highest BCUT2D eigenvalue weighted by Crippen LogP contribution is 2.33. The van der Waals surface area contributed by atoms with Gasteiger partial charge in [0.05, 0.1) is 12.7 Å². The Balaban J connectivity index is 1.68. The van der Waals surface area contributed by atoms with Gasteiger partial charge in [0.2, 0.25) is 11.8 Å². The van der Waals surface area contributed by atoms with Gasteiger partial charge in [0, 0.05) is 11.8 Å². The SMILES string of the molecule is COc1ccc(-c2nnc(COc3ncc(C(F)(F)F)cc3Cl)o2)cc1. The van der Waals surface area contributed by atoms with Crippen LogP contribution in [-0.2, 0) is 12.8 Å². The highest BCUT2D eigenvalue weighted by molar-refractivity contribution is 6.31. The van der Waals surface area contributed by atoms with Crippen molar-refractivity contribution in [3.8, 4) is 23.1 Å². The zero-order valence-corrected chi connectivity index (χ0v) is 14.0. The number of aromatic nitrogens is 3. The summed E-state index contributed by atoms with van der Waals surface area (Å²) in [6.45, 7) is -0.193. The average Bonchev–Trinajstić information content (AvgIpc) is 3.09. The van der Waals surface area contributed by atoms with Gasteiger partial charge in [-0.15, -0.1) is 10.2 Å². The number of pyridine rings is 1. The van der Waals surface area contributed by atoms with Crippen LogP contribution in [0, 0.1) is 0 Å². The second-order valence-corrected chi connectivity index (χ2v) is 5.43. The molecule has 0 aliphatic carbocycles. The lowest BCUT2D eigenvalue weighted by atomic mass is 10.2. The molecule has 2 heterocycles. The van der Waals surface area contributed by atoms with Gasteiger partial charge in [-0.2, -0.15) is 13.2 Å². The van der Waals surface area contributed by atoms with E-state index in [1.807, 2.05) is 0 Å². The van der Waals surface area contributed by atoms with Crippen molar-refractivity contribution < 1.29 is 27.1 Å². The van der Waals surface area contributed by atoms with Crippen molar-refractivity contribution in [2.75, 3.05) is 7.11 Å². The van der Waals surface area contributed by atoms with Crippen LogP contribution in [0.25, 0.3) is 11.5 Å². The zero-order valence-electron chi connectivity index (χ0n) is 13.2. The maximum atomic E-state index is 12.6. The molecular formula is C16H11ClF3N3O3. The third-order valence-electron chi connectivity index (χ3n) is 3.27. The molecular weight excluding hydrogens is 375 g/mol. The molecule has 10 heteroatoms. The van der Waals surface area contributed by atoms with Crippen molar-refractivity contribution in [1.82, 2.24) is 15.2 Å². The molecule has 0 aliphatic heterocycles. The van der Waals surface area contributed by atoms with E-state index in [9.17, 15) is 13.2 Å². The van der Waals surface area contributed by atoms with Crippen LogP contribution >= 0.6 is 11.6 Å². The molecule has 1 aromatic carbocycles. The molecule has 0 amide bonds. The lowest BCUT2D eigenvalue weighted by Gasteiger charge is -2.09. The van der Waals surface area contributed by atoms with Crippen molar-refractivity contribution in [2.45, 2.75) is 12.8 Å². The minimum absolute atomic E-state index is 0.119. The smallest absolute Gasteiger partial charge is 0.417 e. The fourth-order valence-corrected chi connectivity index (χ4v) is 2.20. The third kappa shape index (κ3) is 4.05. The Morgan fingerprint density at radius 1 is 1.15 bits per heavy atom. The summed E-state index contributed by atoms with van der Waals surface area (Å²) < 4.78 is 53.5. The van der Waals surface area contributed by atoms with E-state index < -0.39 is 11.7 Å². The molecule has 0 fully saturated rings. The number of alkyl halides is 3. The van der Waals surface area contributed by atoms with Crippen molar-refractivity contribution in [3.63, 3.8) is 0 Å². The van der Waals surface area contributed by atoms with E-state index in [1.54, 1.807) is 31.4 Å². The molecule has 0 atom stereocenters. The largest absolute Gasteiger partial charge is 0.497 e. The summed E-state index contributed by atoms with van der Waals surface area (Å²) in [5.74, 6) is 0.898. The van der Waals surface area contributed by atoms with Gasteiger partial charge >= 0.3 is 6.18 Å². The van der Waals surface area contributed by atoms with Crippen LogP contribution in [-0.4, -0.2) is 22.3 Å². The summed E-state index contributed by atoms with van der Waals surface area (Å²) in [7, 11) is 1.55. The maximum Gasteiger partial charge on any atom is 0.417 e. The molecule has 6 nitrogen and oxygen atoms in total. The standard InChI is InChI=1S/C16H11ClF3N3O3/c1-24-11-4-2-9(3-5-11)14-23-22-13(26-14)8-25-15-12(17)6-10(7-21-15)16(18,19)20/h2-7H,8H2,1H3. The minimum atomic E-state index is -4.53. The highest BCUT2D eigenvalue weighted by Gasteiger charge is 2.31. The molecule has 2 aromatic heterocycles. The van der Waals surface area contributed by atoms with Crippen LogP contribution in [0.3, 0.4) is 0 Å². The molecule has 0 N–H and O–H groups in total. The van der Waals surface area contributed by atoms with Crippen LogP contribution in [0.1, 0.15) is 11.5 Å². The first-order valence-corrected chi connectivity index (χ1v) is 7.57. The molecule has 0 saturated carbocycles. The van der Waals surface area contributed by atoms with Crippen LogP contribution in [0.2, 0.25) is 5.02 Å². The molecule has 0 bridgehead atoms. The van der Waals surface area contributed by atoms with Crippen LogP contribution in [0.4, 0.5) is 13.2 Å². The van der Waals surface area contributed by atoms with E-state index in [-0.39, 0.29) is 29.3 Å². The second-order valence-electron chi connectivity index (χ2n) is 5.03. The normalized spacial score (nSPS) is 11.4. The summed E-state index contributed by atoms with van der Waals surface area (Å²) in [6.07, 6.45) is -3.90. The number of methoxy groups -OCH3 is 1. The summed E-state index contributed by atoms with van der Waals surface area (Å²) in [5.41, 5.74) is -0.287. The van der Waals surface area contributed by atoms with Crippen molar-refractivity contribution in [2.24, 2.45) is 0 Å². The van der Waals surface area contributed by atoms with E-state index in [0.717, 1.165) is 6.07 Å². The predicted octanol–water partition coefficient (Wildman–Crippen LogP) is 4.39. The first-order chi connectivity index (χ1) is 12.4. The number of nitrogens with zero attached hydrogens (tertiary/aromatic N) is 3. The third-order valence-corrected chi connectivity index (χ3v) is 3.54. The first-order valence-electron chi connectivity index (χ1n) is 7.19. The fraction of sp³-hybridized carbons (Fsp3) is 0.188. The Bertz CT molecular complexity index is 898. The highest BCUT2D eigenvalue weighted by atomic mass is 35.5. The summed E-state index contributed by atoms with van der Waals surface area (Å²) in [6, 6.07) is 7.69. The number of halogens is 4. The van der Waals surface area contributed by atoms with Crippen LogP contribution in [0.5, 0.6) is 11.6 Å². The molecule has 0 radical (unpaired) electrons. The lowest BCUT2D eigenvalue weighted by Crippen LogP contribution is -2.06. The number of hydrogen-bond acceptors (Lipinski definition) is 6. The van der Waals surface area contributed by atoms with Gasteiger partial charge in [-0.25, -0.2) is 4.98 Å². The van der Waals surface area contributed by atoms with Gasteiger partial charge in [-0.1, -0.05) is 11.6 Å². The quantitative estimate of drug-likeness (QED) is 0.648. The number of ether oxygens (including phenoxy) is 2. The van der Waals surface area contributed by atoms with E-state index in [2.05, 4.69) is 15.2 Å². The van der Waals surface area contributed by atoms with Crippen LogP contribution < -0.4 is 9.47 Å². The van der Waals surface area contributed by atoms with Gasteiger partial charge in [0.15, 0.2) is 6.61 Å². The van der Waals surface area contributed by atoms with Gasteiger partial charge in [-0.3, -0.25) is 0 Å². The number of hydrogen-bond donors (Lipinski definition) is 0. The number of benzene rings is 1. The fourth-order valence-electron chi connectivity index (χ4n) is 1.98. The Morgan fingerprint density at radius 2 is 1.88 bits per heavy atom. The van der Waals surface area contributed by atoms with E-state index >= 15 is 0 Å². The topological polar surface area (TPSA) is 70.3 Å². The monoisotopic (exact) mass is 385 g/mol. The van der Waals surface area contributed by atoms with Gasteiger partial charge in [0.25, 0.3) is 5.89 Å². The van der Waals surface area contributed by atoms with Gasteiger partial charge < -0.3 is 13.9 Å². The predicted molar refractivity (Wildman–Crippen MR) is 84.9 cm³/mol. The van der Waals surface area contributed by atoms with Gasteiger partial charge in [0.1, 0.15) is 10.8 Å². The molecule has 136 valence electrons. The molecule has 3 rings (SSSR count). The van der Waals surface area contributed by atoms with Crippen molar-refractivity contribution in [1.29, 1.82) is 0 Å². The maximum absolute atomic E-state index is 12.6. The minimum Gasteiger partial charge on any atom is -0.497 e. The molecule has 3 aromatic rings. The van der Waals surface area contributed by atoms with E-state index in [1.165, 1.54) is 0 Å². The zero-order chi connectivity index (χ0) is 18.7. The summed E-state index contributed by atoms with van der Waals surface area (Å²) in [4.78, 5) is 3.57. The first kappa shape index (κ1) is 18.0. The molecule has 0 aliphatic rings. The van der Waals surface area contributed by atoms with E-state index in [4.69, 9.17) is 25.5 Å². The summed E-state index contributed by atoms with van der Waals surface area (Å²) >= 11 is 5.77. The lowest BCUT2D eigenvalue weighted by molar-refractivity contribution is -0.137. The van der Waals surface area contributed by atoms with Crippen molar-refractivity contribution in [3.05, 3.63) is 53.0 Å². The second kappa shape index (κ2) is 7.20. The molecule has 26 heavy (non-hydrogen) atoms. The molecule has 0 spiro atoms. The Labute approximate surface area is 150 Å². The van der Waals surface area contributed by atoms with Gasteiger partial charge in [-0.05, 0) is 30.3 Å². The van der Waals surface area contributed by atoms with Crippen molar-refractivity contribution >= 4 is 11.6 Å². The number of rotatable bonds is 5. The Hall–Kier alpha value is -2.81. The Morgan fingerprint density at radius 3 is 2.50 bits per heavy atom. The average molecular weight is 386 g/mol. The summed E-state index contributed by atoms with van der Waals surface area (Å²) in [5, 5.41) is 7.43. The molecule has 0 unspecified atom stereocenters. The van der Waals surface area contributed by atoms with E-state index in [0.29, 0.717) is 17.5 Å². The van der Waals surface area contributed by atoms with Crippen LogP contribution in [0.15, 0.2) is 40.9 Å².